The first kappa shape index (κ1) is 15.5. The number of pyridine rings is 1. The number of hydrogen-bond acceptors (Lipinski definition) is 3. The van der Waals surface area contributed by atoms with E-state index in [1.165, 1.54) is 28.4 Å². The van der Waals surface area contributed by atoms with Crippen LogP contribution in [-0.4, -0.2) is 21.2 Å². The molecule has 1 aliphatic rings. The van der Waals surface area contributed by atoms with Gasteiger partial charge in [-0.3, -0.25) is 9.36 Å². The molecule has 3 nitrogen and oxygen atoms in total. The van der Waals surface area contributed by atoms with Crippen LogP contribution in [0.25, 0.3) is 10.9 Å². The number of thioether (sulfide) groups is 1. The van der Waals surface area contributed by atoms with E-state index in [1.807, 2.05) is 28.8 Å². The van der Waals surface area contributed by atoms with Gasteiger partial charge in [0.15, 0.2) is 0 Å². The highest BCUT2D eigenvalue weighted by atomic mass is 32.2. The molecule has 1 atom stereocenters. The molecule has 0 radical (unpaired) electrons. The minimum Gasteiger partial charge on any atom is -0.283 e. The van der Waals surface area contributed by atoms with Crippen LogP contribution in [-0.2, 0) is 12.8 Å². The van der Waals surface area contributed by atoms with Gasteiger partial charge in [0.25, 0.3) is 0 Å². The van der Waals surface area contributed by atoms with Gasteiger partial charge in [-0.2, -0.15) is 0 Å². The minimum atomic E-state index is 0.151. The van der Waals surface area contributed by atoms with Gasteiger partial charge in [-0.05, 0) is 48.9 Å². The first-order valence-corrected chi connectivity index (χ1v) is 9.41. The fraction of sp³-hybridized carbons (Fsp3) is 0.300. The van der Waals surface area contributed by atoms with E-state index in [0.717, 1.165) is 29.8 Å². The van der Waals surface area contributed by atoms with Crippen LogP contribution in [0.15, 0.2) is 53.7 Å². The highest BCUT2D eigenvalue weighted by Crippen LogP contribution is 2.34. The zero-order valence-electron chi connectivity index (χ0n) is 13.7. The standard InChI is InChI=1S/C20H20N2OS/c1-14-9-10-18-16(12-14)15-6-2-3-7-17(15)22(18)20(23)13-24-19-8-4-5-11-21-19/h2-8,11,14H,9-10,12-13H2,1H3. The zero-order chi connectivity index (χ0) is 16.5. The first-order chi connectivity index (χ1) is 11.7. The molecule has 0 amide bonds. The van der Waals surface area contributed by atoms with Gasteiger partial charge in [0.2, 0.25) is 5.91 Å². The molecule has 4 rings (SSSR count). The summed E-state index contributed by atoms with van der Waals surface area (Å²) < 4.78 is 1.96. The molecule has 0 saturated carbocycles. The van der Waals surface area contributed by atoms with Crippen LogP contribution in [0.5, 0.6) is 0 Å². The van der Waals surface area contributed by atoms with Crippen molar-refractivity contribution in [2.75, 3.05) is 5.75 Å². The number of para-hydroxylation sites is 1. The highest BCUT2D eigenvalue weighted by molar-refractivity contribution is 7.99. The van der Waals surface area contributed by atoms with Gasteiger partial charge in [0.05, 0.1) is 16.3 Å². The molecule has 2 heterocycles. The Hall–Kier alpha value is -2.07. The van der Waals surface area contributed by atoms with Gasteiger partial charge in [-0.1, -0.05) is 43.0 Å². The quantitative estimate of drug-likeness (QED) is 0.656. The third-order valence-electron chi connectivity index (χ3n) is 4.75. The van der Waals surface area contributed by atoms with Crippen molar-refractivity contribution in [3.63, 3.8) is 0 Å². The van der Waals surface area contributed by atoms with E-state index >= 15 is 0 Å². The first-order valence-electron chi connectivity index (χ1n) is 8.42. The number of benzene rings is 1. The lowest BCUT2D eigenvalue weighted by molar-refractivity contribution is 0.0943. The average molecular weight is 336 g/mol. The minimum absolute atomic E-state index is 0.151. The maximum absolute atomic E-state index is 13.0. The van der Waals surface area contributed by atoms with Gasteiger partial charge in [-0.25, -0.2) is 4.98 Å². The van der Waals surface area contributed by atoms with Crippen LogP contribution in [0, 0.1) is 5.92 Å². The number of nitrogens with zero attached hydrogens (tertiary/aromatic N) is 2. The molecule has 122 valence electrons. The second-order valence-electron chi connectivity index (χ2n) is 6.48. The molecule has 2 aromatic heterocycles. The van der Waals surface area contributed by atoms with E-state index in [2.05, 4.69) is 30.1 Å². The Bertz CT molecular complexity index is 885. The summed E-state index contributed by atoms with van der Waals surface area (Å²) in [6.07, 6.45) is 4.99. The molecule has 4 heteroatoms. The third-order valence-corrected chi connectivity index (χ3v) is 5.67. The Morgan fingerprint density at radius 2 is 2.08 bits per heavy atom. The second kappa shape index (κ2) is 6.44. The van der Waals surface area contributed by atoms with Crippen LogP contribution in [0.3, 0.4) is 0 Å². The summed E-state index contributed by atoms with van der Waals surface area (Å²) in [6.45, 7) is 2.30. The zero-order valence-corrected chi connectivity index (χ0v) is 14.6. The Labute approximate surface area is 146 Å². The maximum Gasteiger partial charge on any atom is 0.241 e. The molecule has 24 heavy (non-hydrogen) atoms. The van der Waals surface area contributed by atoms with Gasteiger partial charge >= 0.3 is 0 Å². The number of fused-ring (bicyclic) bond motifs is 3. The normalized spacial score (nSPS) is 17.0. The average Bonchev–Trinajstić information content (AvgIpc) is 2.94. The largest absolute Gasteiger partial charge is 0.283 e. The molecule has 0 aliphatic heterocycles. The number of rotatable bonds is 3. The number of carbonyl (C=O) groups is 1. The maximum atomic E-state index is 13.0. The molecular formula is C20H20N2OS. The van der Waals surface area contributed by atoms with Crippen molar-refractivity contribution in [3.8, 4) is 0 Å². The predicted molar refractivity (Wildman–Crippen MR) is 98.7 cm³/mol. The summed E-state index contributed by atoms with van der Waals surface area (Å²) in [4.78, 5) is 17.3. The lowest BCUT2D eigenvalue weighted by Gasteiger charge is -2.20. The Morgan fingerprint density at radius 3 is 2.92 bits per heavy atom. The van der Waals surface area contributed by atoms with Crippen LogP contribution < -0.4 is 0 Å². The van der Waals surface area contributed by atoms with E-state index in [4.69, 9.17) is 0 Å². The summed E-state index contributed by atoms with van der Waals surface area (Å²) in [5, 5.41) is 2.14. The number of hydrogen-bond donors (Lipinski definition) is 0. The van der Waals surface area contributed by atoms with E-state index in [-0.39, 0.29) is 5.91 Å². The Morgan fingerprint density at radius 1 is 1.25 bits per heavy atom. The molecule has 1 aliphatic carbocycles. The predicted octanol–water partition coefficient (Wildman–Crippen LogP) is 4.59. The summed E-state index contributed by atoms with van der Waals surface area (Å²) in [7, 11) is 0. The number of carbonyl (C=O) groups excluding carboxylic acids is 1. The lowest BCUT2D eigenvalue weighted by Crippen LogP contribution is -2.20. The molecule has 1 aromatic carbocycles. The Kier molecular flexibility index (Phi) is 4.15. The van der Waals surface area contributed by atoms with E-state index in [1.54, 1.807) is 6.20 Å². The van der Waals surface area contributed by atoms with Crippen molar-refractivity contribution in [3.05, 3.63) is 59.9 Å². The summed E-state index contributed by atoms with van der Waals surface area (Å²) in [5.41, 5.74) is 3.66. The monoisotopic (exact) mass is 336 g/mol. The molecule has 0 N–H and O–H groups in total. The van der Waals surface area contributed by atoms with Crippen LogP contribution in [0.2, 0.25) is 0 Å². The molecule has 0 fully saturated rings. The second-order valence-corrected chi connectivity index (χ2v) is 7.47. The summed E-state index contributed by atoms with van der Waals surface area (Å²) in [5.74, 6) is 1.25. The molecule has 1 unspecified atom stereocenters. The van der Waals surface area contributed by atoms with Crippen molar-refractivity contribution in [2.24, 2.45) is 5.92 Å². The van der Waals surface area contributed by atoms with Gasteiger partial charge < -0.3 is 0 Å². The fourth-order valence-corrected chi connectivity index (χ4v) is 4.31. The van der Waals surface area contributed by atoms with Gasteiger partial charge in [0, 0.05) is 17.3 Å². The van der Waals surface area contributed by atoms with Gasteiger partial charge in [0.1, 0.15) is 0 Å². The SMILES string of the molecule is CC1CCc2c(c3ccccc3n2C(=O)CSc2ccccn2)C1. The fourth-order valence-electron chi connectivity index (χ4n) is 3.60. The molecule has 3 aromatic rings. The molecule has 0 spiro atoms. The van der Waals surface area contributed by atoms with Crippen molar-refractivity contribution < 1.29 is 4.79 Å². The third kappa shape index (κ3) is 2.75. The smallest absolute Gasteiger partial charge is 0.241 e. The molecule has 0 bridgehead atoms. The van der Waals surface area contributed by atoms with Crippen molar-refractivity contribution in [2.45, 2.75) is 31.2 Å². The van der Waals surface area contributed by atoms with Crippen molar-refractivity contribution in [1.29, 1.82) is 0 Å². The van der Waals surface area contributed by atoms with Crippen molar-refractivity contribution >= 4 is 28.6 Å². The Balaban J connectivity index is 1.69. The molecular weight excluding hydrogens is 316 g/mol. The van der Waals surface area contributed by atoms with Crippen LogP contribution >= 0.6 is 11.8 Å². The van der Waals surface area contributed by atoms with Gasteiger partial charge in [-0.15, -0.1) is 0 Å². The summed E-state index contributed by atoms with van der Waals surface area (Å²) >= 11 is 1.51. The lowest BCUT2D eigenvalue weighted by atomic mass is 9.88. The highest BCUT2D eigenvalue weighted by Gasteiger charge is 2.25. The van der Waals surface area contributed by atoms with Crippen LogP contribution in [0.1, 0.15) is 29.4 Å². The van der Waals surface area contributed by atoms with Crippen molar-refractivity contribution in [1.82, 2.24) is 9.55 Å². The number of aromatic nitrogens is 2. The van der Waals surface area contributed by atoms with Crippen LogP contribution in [0.4, 0.5) is 0 Å². The molecule has 0 saturated heterocycles. The van der Waals surface area contributed by atoms with E-state index in [9.17, 15) is 4.79 Å². The topological polar surface area (TPSA) is 34.9 Å². The van der Waals surface area contributed by atoms with E-state index < -0.39 is 0 Å². The summed E-state index contributed by atoms with van der Waals surface area (Å²) in [6, 6.07) is 14.1. The van der Waals surface area contributed by atoms with E-state index in [0.29, 0.717) is 11.7 Å².